The Morgan fingerprint density at radius 2 is 2.25 bits per heavy atom. The molecule has 1 fully saturated rings. The number of nitrogens with zero attached hydrogens (tertiary/aromatic N) is 4. The molecule has 0 radical (unpaired) electrons. The van der Waals surface area contributed by atoms with Crippen LogP contribution in [-0.2, 0) is 24.2 Å². The zero-order valence-electron chi connectivity index (χ0n) is 14.1. The van der Waals surface area contributed by atoms with Gasteiger partial charge >= 0.3 is 0 Å². The van der Waals surface area contributed by atoms with Crippen molar-refractivity contribution >= 4 is 5.95 Å². The lowest BCUT2D eigenvalue weighted by atomic mass is 10.1. The van der Waals surface area contributed by atoms with Crippen LogP contribution in [0.4, 0.5) is 5.95 Å². The lowest BCUT2D eigenvalue weighted by Crippen LogP contribution is -2.30. The monoisotopic (exact) mass is 328 g/mol. The Kier molecular flexibility index (Phi) is 4.44. The molecule has 7 heteroatoms. The smallest absolute Gasteiger partial charge is 0.222 e. The second kappa shape index (κ2) is 6.86. The Morgan fingerprint density at radius 1 is 1.38 bits per heavy atom. The predicted octanol–water partition coefficient (Wildman–Crippen LogP) is 1.66. The molecular formula is C17H24N6O. The molecule has 128 valence electrons. The van der Waals surface area contributed by atoms with Crippen molar-refractivity contribution in [3.05, 3.63) is 35.2 Å². The van der Waals surface area contributed by atoms with E-state index in [-0.39, 0.29) is 0 Å². The minimum absolute atomic E-state index is 0.300. The van der Waals surface area contributed by atoms with Crippen molar-refractivity contribution in [3.8, 4) is 0 Å². The third kappa shape index (κ3) is 3.57. The van der Waals surface area contributed by atoms with Crippen molar-refractivity contribution < 1.29 is 4.74 Å². The first-order valence-corrected chi connectivity index (χ1v) is 8.69. The molecular weight excluding hydrogens is 304 g/mol. The summed E-state index contributed by atoms with van der Waals surface area (Å²) in [5.41, 5.74) is 3.60. The lowest BCUT2D eigenvalue weighted by Gasteiger charge is -2.25. The zero-order valence-corrected chi connectivity index (χ0v) is 14.1. The fraction of sp³-hybridized carbons (Fsp3) is 0.588. The molecule has 4 heterocycles. The quantitative estimate of drug-likeness (QED) is 0.869. The van der Waals surface area contributed by atoms with Crippen LogP contribution in [0.5, 0.6) is 0 Å². The minimum atomic E-state index is 0.300. The van der Waals surface area contributed by atoms with Gasteiger partial charge in [-0.1, -0.05) is 0 Å². The molecule has 1 atom stereocenters. The maximum Gasteiger partial charge on any atom is 0.222 e. The molecule has 4 rings (SSSR count). The van der Waals surface area contributed by atoms with Gasteiger partial charge in [-0.15, -0.1) is 0 Å². The maximum atomic E-state index is 5.60. The molecule has 1 saturated heterocycles. The van der Waals surface area contributed by atoms with E-state index in [9.17, 15) is 0 Å². The summed E-state index contributed by atoms with van der Waals surface area (Å²) >= 11 is 0. The van der Waals surface area contributed by atoms with Gasteiger partial charge in [0.2, 0.25) is 5.95 Å². The number of hydrogen-bond acceptors (Lipinski definition) is 6. The van der Waals surface area contributed by atoms with E-state index in [0.29, 0.717) is 12.1 Å². The largest absolute Gasteiger partial charge is 0.376 e. The molecule has 2 aliphatic rings. The van der Waals surface area contributed by atoms with E-state index in [2.05, 4.69) is 30.2 Å². The molecule has 2 N–H and O–H groups in total. The van der Waals surface area contributed by atoms with Crippen LogP contribution in [0.15, 0.2) is 12.4 Å². The number of aryl methyl sites for hydroxylation is 1. The third-order valence-electron chi connectivity index (χ3n) is 4.65. The summed E-state index contributed by atoms with van der Waals surface area (Å²) < 4.78 is 5.60. The normalized spacial score (nSPS) is 21.0. The Labute approximate surface area is 141 Å². The number of H-pyrrole nitrogens is 1. The highest BCUT2D eigenvalue weighted by Crippen LogP contribution is 2.18. The fourth-order valence-electron chi connectivity index (χ4n) is 3.42. The van der Waals surface area contributed by atoms with Crippen LogP contribution < -0.4 is 5.32 Å². The number of nitrogens with one attached hydrogen (secondary N) is 2. The van der Waals surface area contributed by atoms with Gasteiger partial charge in [-0.2, -0.15) is 0 Å². The van der Waals surface area contributed by atoms with Crippen LogP contribution in [0, 0.1) is 6.92 Å². The minimum Gasteiger partial charge on any atom is -0.376 e. The van der Waals surface area contributed by atoms with Crippen LogP contribution in [0.2, 0.25) is 0 Å². The number of anilines is 1. The SMILES string of the molecule is Cc1nc2c([nH]1)CN(Cc1cnc(NCC3CCCO3)nc1)CC2. The second-order valence-electron chi connectivity index (χ2n) is 6.64. The summed E-state index contributed by atoms with van der Waals surface area (Å²) in [5, 5.41) is 3.26. The van der Waals surface area contributed by atoms with Gasteiger partial charge in [-0.3, -0.25) is 4.90 Å². The molecule has 0 aromatic carbocycles. The van der Waals surface area contributed by atoms with Gasteiger partial charge in [0.1, 0.15) is 5.82 Å². The summed E-state index contributed by atoms with van der Waals surface area (Å²) in [7, 11) is 0. The van der Waals surface area contributed by atoms with E-state index in [1.807, 2.05) is 19.3 Å². The summed E-state index contributed by atoms with van der Waals surface area (Å²) in [5.74, 6) is 1.69. The summed E-state index contributed by atoms with van der Waals surface area (Å²) in [6.45, 7) is 6.47. The number of fused-ring (bicyclic) bond motifs is 1. The predicted molar refractivity (Wildman–Crippen MR) is 90.6 cm³/mol. The first-order valence-electron chi connectivity index (χ1n) is 8.69. The highest BCUT2D eigenvalue weighted by atomic mass is 16.5. The van der Waals surface area contributed by atoms with Gasteiger partial charge < -0.3 is 15.0 Å². The van der Waals surface area contributed by atoms with Crippen LogP contribution in [0.1, 0.15) is 35.6 Å². The van der Waals surface area contributed by atoms with Gasteiger partial charge in [0.15, 0.2) is 0 Å². The third-order valence-corrected chi connectivity index (χ3v) is 4.65. The highest BCUT2D eigenvalue weighted by Gasteiger charge is 2.19. The standard InChI is InChI=1S/C17H24N6O/c1-12-21-15-4-5-23(11-16(15)22-12)10-13-7-18-17(19-8-13)20-9-14-3-2-6-24-14/h7-8,14H,2-6,9-11H2,1H3,(H,21,22)(H,18,19,20). The van der Waals surface area contributed by atoms with Crippen LogP contribution in [0.3, 0.4) is 0 Å². The number of aromatic nitrogens is 4. The first-order chi connectivity index (χ1) is 11.8. The number of hydrogen-bond donors (Lipinski definition) is 2. The Hall–Kier alpha value is -1.99. The Morgan fingerprint density at radius 3 is 3.04 bits per heavy atom. The van der Waals surface area contributed by atoms with Gasteiger partial charge in [0.25, 0.3) is 0 Å². The van der Waals surface area contributed by atoms with Crippen molar-refractivity contribution in [2.24, 2.45) is 0 Å². The second-order valence-corrected chi connectivity index (χ2v) is 6.64. The van der Waals surface area contributed by atoms with E-state index in [1.165, 1.54) is 11.4 Å². The molecule has 24 heavy (non-hydrogen) atoms. The summed E-state index contributed by atoms with van der Waals surface area (Å²) in [4.78, 5) is 19.1. The van der Waals surface area contributed by atoms with E-state index in [4.69, 9.17) is 4.74 Å². The molecule has 0 spiro atoms. The zero-order chi connectivity index (χ0) is 16.4. The number of ether oxygens (including phenoxy) is 1. The Bertz CT molecular complexity index is 677. The highest BCUT2D eigenvalue weighted by molar-refractivity contribution is 5.25. The lowest BCUT2D eigenvalue weighted by molar-refractivity contribution is 0.120. The number of aromatic amines is 1. The van der Waals surface area contributed by atoms with Crippen molar-refractivity contribution in [2.45, 2.75) is 45.4 Å². The van der Waals surface area contributed by atoms with Crippen LogP contribution in [0.25, 0.3) is 0 Å². The summed E-state index contributed by atoms with van der Waals surface area (Å²) in [6, 6.07) is 0. The van der Waals surface area contributed by atoms with Crippen molar-refractivity contribution in [1.29, 1.82) is 0 Å². The molecule has 2 aromatic rings. The van der Waals surface area contributed by atoms with Gasteiger partial charge in [0, 0.05) is 57.2 Å². The van der Waals surface area contributed by atoms with Crippen molar-refractivity contribution in [2.75, 3.05) is 25.0 Å². The van der Waals surface area contributed by atoms with Gasteiger partial charge in [-0.25, -0.2) is 15.0 Å². The average molecular weight is 328 g/mol. The number of rotatable bonds is 5. The van der Waals surface area contributed by atoms with Crippen molar-refractivity contribution in [1.82, 2.24) is 24.8 Å². The van der Waals surface area contributed by atoms with Crippen LogP contribution >= 0.6 is 0 Å². The fourth-order valence-corrected chi connectivity index (χ4v) is 3.42. The van der Waals surface area contributed by atoms with E-state index < -0.39 is 0 Å². The molecule has 0 bridgehead atoms. The van der Waals surface area contributed by atoms with E-state index in [1.54, 1.807) is 0 Å². The van der Waals surface area contributed by atoms with E-state index >= 15 is 0 Å². The Balaban J connectivity index is 1.30. The molecule has 1 unspecified atom stereocenters. The van der Waals surface area contributed by atoms with E-state index in [0.717, 1.165) is 63.4 Å². The maximum absolute atomic E-state index is 5.60. The molecule has 2 aliphatic heterocycles. The molecule has 7 nitrogen and oxygen atoms in total. The van der Waals surface area contributed by atoms with Gasteiger partial charge in [-0.05, 0) is 19.8 Å². The topological polar surface area (TPSA) is 79.0 Å². The van der Waals surface area contributed by atoms with Crippen molar-refractivity contribution in [3.63, 3.8) is 0 Å². The number of imidazole rings is 1. The molecule has 2 aromatic heterocycles. The van der Waals surface area contributed by atoms with Gasteiger partial charge in [0.05, 0.1) is 17.5 Å². The molecule has 0 saturated carbocycles. The van der Waals surface area contributed by atoms with Crippen LogP contribution in [-0.4, -0.2) is 50.6 Å². The average Bonchev–Trinajstić information content (AvgIpc) is 3.22. The summed E-state index contributed by atoms with van der Waals surface area (Å²) in [6.07, 6.45) is 7.40. The molecule has 0 aliphatic carbocycles. The first kappa shape index (κ1) is 15.5. The molecule has 0 amide bonds.